The lowest BCUT2D eigenvalue weighted by Gasteiger charge is -2.14. The molecule has 0 fully saturated rings. The summed E-state index contributed by atoms with van der Waals surface area (Å²) >= 11 is 0. The number of rotatable bonds is 4. The van der Waals surface area contributed by atoms with Gasteiger partial charge < -0.3 is 8.83 Å². The van der Waals surface area contributed by atoms with Crippen molar-refractivity contribution >= 4 is 65.7 Å². The smallest absolute Gasteiger partial charge is 0.145 e. The molecule has 0 aliphatic rings. The van der Waals surface area contributed by atoms with Crippen LogP contribution in [0.3, 0.4) is 0 Å². The second-order valence-corrected chi connectivity index (χ2v) is 13.1. The van der Waals surface area contributed by atoms with E-state index in [0.717, 1.165) is 93.9 Å². The summed E-state index contributed by atoms with van der Waals surface area (Å²) in [7, 11) is 0. The molecule has 4 heterocycles. The Kier molecular flexibility index (Phi) is 5.92. The zero-order valence-corrected chi connectivity index (χ0v) is 27.4. The Morgan fingerprint density at radius 1 is 0.392 bits per heavy atom. The molecule has 7 aromatic carbocycles. The van der Waals surface area contributed by atoms with Gasteiger partial charge in [-0.25, -0.2) is 4.98 Å². The van der Waals surface area contributed by atoms with Gasteiger partial charge in [0.15, 0.2) is 0 Å². The van der Waals surface area contributed by atoms with E-state index in [1.165, 1.54) is 11.1 Å². The molecule has 0 aliphatic carbocycles. The van der Waals surface area contributed by atoms with E-state index in [-0.39, 0.29) is 0 Å². The molecule has 238 valence electrons. The average Bonchev–Trinajstić information content (AvgIpc) is 3.88. The van der Waals surface area contributed by atoms with Crippen molar-refractivity contribution in [3.05, 3.63) is 170 Å². The lowest BCUT2D eigenvalue weighted by molar-refractivity contribution is 0.669. The summed E-state index contributed by atoms with van der Waals surface area (Å²) in [6.07, 6.45) is 0. The first-order chi connectivity index (χ1) is 25.3. The fourth-order valence-electron chi connectivity index (χ4n) is 7.89. The third-order valence-electron chi connectivity index (χ3n) is 10.2. The fourth-order valence-corrected chi connectivity index (χ4v) is 7.89. The highest BCUT2D eigenvalue weighted by atomic mass is 16.3. The molecule has 4 nitrogen and oxygen atoms in total. The van der Waals surface area contributed by atoms with Gasteiger partial charge in [0.2, 0.25) is 0 Å². The molecular weight excluding hydrogens is 625 g/mol. The summed E-state index contributed by atoms with van der Waals surface area (Å²) in [6, 6.07) is 59.5. The van der Waals surface area contributed by atoms with Crippen LogP contribution in [-0.2, 0) is 0 Å². The van der Waals surface area contributed by atoms with E-state index < -0.39 is 0 Å². The first kappa shape index (κ1) is 28.0. The quantitative estimate of drug-likeness (QED) is 0.190. The van der Waals surface area contributed by atoms with Crippen LogP contribution in [0, 0.1) is 0 Å². The van der Waals surface area contributed by atoms with E-state index in [1.807, 2.05) is 30.3 Å². The standard InChI is InChI=1S/C47H28N2O2/c1-2-11-29(12-3-1)30-21-23-31(24-22-30)32-27-38(35-16-10-20-43-45(35)37-15-6-9-19-42(37)50-43)48-44(28-32)49-39-17-7-4-14-36(39)46-40(49)26-25-34-33-13-5-8-18-41(33)51-47(34)46/h1-28H. The van der Waals surface area contributed by atoms with Gasteiger partial charge in [-0.2, -0.15) is 0 Å². The highest BCUT2D eigenvalue weighted by molar-refractivity contribution is 6.24. The average molecular weight is 653 g/mol. The molecular formula is C47H28N2O2. The highest BCUT2D eigenvalue weighted by Gasteiger charge is 2.21. The summed E-state index contributed by atoms with van der Waals surface area (Å²) in [4.78, 5) is 5.49. The maximum Gasteiger partial charge on any atom is 0.145 e. The Bertz CT molecular complexity index is 3130. The number of fused-ring (bicyclic) bond motifs is 10. The number of nitrogens with zero attached hydrogens (tertiary/aromatic N) is 2. The number of furan rings is 2. The van der Waals surface area contributed by atoms with Crippen molar-refractivity contribution in [3.8, 4) is 39.3 Å². The minimum atomic E-state index is 0.834. The number of hydrogen-bond acceptors (Lipinski definition) is 3. The van der Waals surface area contributed by atoms with E-state index in [4.69, 9.17) is 13.8 Å². The minimum absolute atomic E-state index is 0.834. The summed E-state index contributed by atoms with van der Waals surface area (Å²) in [5, 5.41) is 6.58. The predicted octanol–water partition coefficient (Wildman–Crippen LogP) is 13.0. The monoisotopic (exact) mass is 652 g/mol. The second kappa shape index (κ2) is 10.8. The van der Waals surface area contributed by atoms with E-state index in [2.05, 4.69) is 144 Å². The van der Waals surface area contributed by atoms with Crippen LogP contribution in [0.4, 0.5) is 0 Å². The zero-order chi connectivity index (χ0) is 33.5. The summed E-state index contributed by atoms with van der Waals surface area (Å²) in [5.41, 5.74) is 12.1. The van der Waals surface area contributed by atoms with Crippen molar-refractivity contribution < 1.29 is 8.83 Å². The van der Waals surface area contributed by atoms with Crippen molar-refractivity contribution in [1.29, 1.82) is 0 Å². The van der Waals surface area contributed by atoms with Gasteiger partial charge in [0, 0.05) is 32.5 Å². The number of pyridine rings is 1. The molecule has 11 aromatic rings. The van der Waals surface area contributed by atoms with Crippen molar-refractivity contribution in [2.45, 2.75) is 0 Å². The number of aromatic nitrogens is 2. The van der Waals surface area contributed by atoms with E-state index in [1.54, 1.807) is 0 Å². The van der Waals surface area contributed by atoms with Gasteiger partial charge in [-0.1, -0.05) is 121 Å². The summed E-state index contributed by atoms with van der Waals surface area (Å²) < 4.78 is 15.2. The van der Waals surface area contributed by atoms with Crippen molar-refractivity contribution in [2.75, 3.05) is 0 Å². The Labute approximate surface area is 292 Å². The molecule has 4 heteroatoms. The van der Waals surface area contributed by atoms with Crippen LogP contribution in [-0.4, -0.2) is 9.55 Å². The van der Waals surface area contributed by atoms with E-state index in [0.29, 0.717) is 0 Å². The third kappa shape index (κ3) is 4.23. The number of para-hydroxylation sites is 3. The van der Waals surface area contributed by atoms with Crippen LogP contribution < -0.4 is 0 Å². The molecule has 0 radical (unpaired) electrons. The van der Waals surface area contributed by atoms with E-state index in [9.17, 15) is 0 Å². The van der Waals surface area contributed by atoms with Gasteiger partial charge in [-0.05, 0) is 70.8 Å². The molecule has 0 amide bonds. The van der Waals surface area contributed by atoms with Crippen LogP contribution >= 0.6 is 0 Å². The van der Waals surface area contributed by atoms with Crippen LogP contribution in [0.5, 0.6) is 0 Å². The van der Waals surface area contributed by atoms with Gasteiger partial charge in [0.25, 0.3) is 0 Å². The van der Waals surface area contributed by atoms with E-state index >= 15 is 0 Å². The normalized spacial score (nSPS) is 11.9. The topological polar surface area (TPSA) is 44.1 Å². The largest absolute Gasteiger partial charge is 0.456 e. The highest BCUT2D eigenvalue weighted by Crippen LogP contribution is 2.42. The van der Waals surface area contributed by atoms with Gasteiger partial charge in [0.1, 0.15) is 28.1 Å². The fraction of sp³-hybridized carbons (Fsp3) is 0. The van der Waals surface area contributed by atoms with Gasteiger partial charge >= 0.3 is 0 Å². The Balaban J connectivity index is 1.20. The predicted molar refractivity (Wildman–Crippen MR) is 209 cm³/mol. The first-order valence-corrected chi connectivity index (χ1v) is 17.2. The molecule has 0 atom stereocenters. The minimum Gasteiger partial charge on any atom is -0.456 e. The van der Waals surface area contributed by atoms with Crippen molar-refractivity contribution in [1.82, 2.24) is 9.55 Å². The lowest BCUT2D eigenvalue weighted by atomic mass is 9.98. The lowest BCUT2D eigenvalue weighted by Crippen LogP contribution is -2.00. The number of benzene rings is 7. The Morgan fingerprint density at radius 2 is 1.04 bits per heavy atom. The van der Waals surface area contributed by atoms with Crippen LogP contribution in [0.2, 0.25) is 0 Å². The van der Waals surface area contributed by atoms with Gasteiger partial charge in [-0.15, -0.1) is 0 Å². The molecule has 51 heavy (non-hydrogen) atoms. The van der Waals surface area contributed by atoms with Crippen LogP contribution in [0.15, 0.2) is 179 Å². The third-order valence-corrected chi connectivity index (χ3v) is 10.2. The van der Waals surface area contributed by atoms with Crippen molar-refractivity contribution in [3.63, 3.8) is 0 Å². The summed E-state index contributed by atoms with van der Waals surface area (Å²) in [6.45, 7) is 0. The Morgan fingerprint density at radius 3 is 1.86 bits per heavy atom. The number of hydrogen-bond donors (Lipinski definition) is 0. The maximum atomic E-state index is 6.59. The molecule has 0 N–H and O–H groups in total. The van der Waals surface area contributed by atoms with Crippen LogP contribution in [0.1, 0.15) is 0 Å². The molecule has 0 saturated heterocycles. The molecule has 0 saturated carbocycles. The second-order valence-electron chi connectivity index (χ2n) is 13.1. The zero-order valence-electron chi connectivity index (χ0n) is 27.4. The molecule has 0 bridgehead atoms. The Hall–Kier alpha value is -6.91. The molecule has 4 aromatic heterocycles. The van der Waals surface area contributed by atoms with Gasteiger partial charge in [0.05, 0.1) is 22.1 Å². The van der Waals surface area contributed by atoms with Crippen molar-refractivity contribution in [2.24, 2.45) is 0 Å². The molecule has 0 unspecified atom stereocenters. The first-order valence-electron chi connectivity index (χ1n) is 17.2. The molecule has 0 spiro atoms. The van der Waals surface area contributed by atoms with Crippen LogP contribution in [0.25, 0.3) is 105 Å². The van der Waals surface area contributed by atoms with Gasteiger partial charge in [-0.3, -0.25) is 4.57 Å². The molecule has 11 rings (SSSR count). The molecule has 0 aliphatic heterocycles. The maximum absolute atomic E-state index is 6.59. The summed E-state index contributed by atoms with van der Waals surface area (Å²) in [5.74, 6) is 0.834. The SMILES string of the molecule is c1ccc(-c2ccc(-c3cc(-c4cccc5oc6ccccc6c45)nc(-n4c5ccccc5c5c6oc7ccccc7c6ccc54)c3)cc2)cc1.